The van der Waals surface area contributed by atoms with E-state index in [0.717, 1.165) is 0 Å². The van der Waals surface area contributed by atoms with Crippen molar-refractivity contribution in [2.45, 2.75) is 6.92 Å². The van der Waals surface area contributed by atoms with Crippen molar-refractivity contribution >= 4 is 20.8 Å². The van der Waals surface area contributed by atoms with Crippen molar-refractivity contribution in [3.05, 3.63) is 35.9 Å². The number of hydrogen-bond donors (Lipinski definition) is 1. The van der Waals surface area contributed by atoms with Crippen LogP contribution in [-0.2, 0) is 25.0 Å². The van der Waals surface area contributed by atoms with Crippen LogP contribution in [0.2, 0.25) is 0 Å². The Morgan fingerprint density at radius 3 is 1.92 bits per heavy atom. The van der Waals surface area contributed by atoms with Gasteiger partial charge in [-0.15, -0.1) is 0 Å². The van der Waals surface area contributed by atoms with Gasteiger partial charge < -0.3 is 10.2 Å². The second kappa shape index (κ2) is 9.64. The average molecular weight is 213 g/mol. The molecule has 0 aliphatic heterocycles. The quantitative estimate of drug-likeness (QED) is 0.341. The van der Waals surface area contributed by atoms with Gasteiger partial charge in [0.1, 0.15) is 0 Å². The minimum atomic E-state index is -2.03. The fourth-order valence-electron chi connectivity index (χ4n) is 0.534. The van der Waals surface area contributed by atoms with Crippen molar-refractivity contribution in [2.75, 3.05) is 0 Å². The molecule has 0 heterocycles. The molecule has 0 amide bonds. The first-order valence-corrected chi connectivity index (χ1v) is 4.96. The zero-order valence-corrected chi connectivity index (χ0v) is 10.7. The summed E-state index contributed by atoms with van der Waals surface area (Å²) in [7, 11) is -2.03. The Hall–Kier alpha value is 0.550. The van der Waals surface area contributed by atoms with Crippen LogP contribution in [0.15, 0.2) is 30.3 Å². The van der Waals surface area contributed by atoms with Gasteiger partial charge >= 0.3 is 29.6 Å². The molecule has 0 bridgehead atoms. The van der Waals surface area contributed by atoms with E-state index in [1.807, 2.05) is 18.2 Å². The molecule has 2 nitrogen and oxygen atoms in total. The summed E-state index contributed by atoms with van der Waals surface area (Å²) in [4.78, 5) is 0. The third kappa shape index (κ3) is 13.2. The molecule has 0 aliphatic carbocycles. The zero-order valence-electron chi connectivity index (χ0n) is 8.06. The van der Waals surface area contributed by atoms with Crippen LogP contribution in [0, 0.1) is 6.92 Å². The molecule has 12 heavy (non-hydrogen) atoms. The van der Waals surface area contributed by atoms with Gasteiger partial charge in [-0.25, -0.2) is 11.2 Å². The second-order valence-corrected chi connectivity index (χ2v) is 3.16. The number of aryl methyl sites for hydroxylation is 1. The molecule has 1 aromatic rings. The summed E-state index contributed by atoms with van der Waals surface area (Å²) < 4.78 is 16.3. The number of rotatable bonds is 0. The fraction of sp³-hybridized carbons (Fsp3) is 0.143. The summed E-state index contributed by atoms with van der Waals surface area (Å²) in [6.07, 6.45) is 0. The van der Waals surface area contributed by atoms with Crippen LogP contribution >= 0.6 is 0 Å². The van der Waals surface area contributed by atoms with Crippen molar-refractivity contribution in [3.8, 4) is 0 Å². The van der Waals surface area contributed by atoms with Gasteiger partial charge in [0.2, 0.25) is 0 Å². The summed E-state index contributed by atoms with van der Waals surface area (Å²) in [5, 5.41) is 0. The molecule has 0 radical (unpaired) electrons. The summed E-state index contributed by atoms with van der Waals surface area (Å²) >= 11 is 3.65. The molecule has 1 rings (SSSR count). The molecule has 1 aromatic carbocycles. The van der Waals surface area contributed by atoms with E-state index in [-0.39, 0.29) is 31.0 Å². The van der Waals surface area contributed by atoms with E-state index in [2.05, 4.69) is 30.2 Å². The molecular formula is C7H10NaO2S2-. The van der Waals surface area contributed by atoms with Crippen LogP contribution < -0.4 is 29.6 Å². The fourth-order valence-corrected chi connectivity index (χ4v) is 0.534. The topological polar surface area (TPSA) is 37.3 Å². The molecule has 64 valence electrons. The van der Waals surface area contributed by atoms with E-state index in [9.17, 15) is 0 Å². The Bertz CT molecular complexity index is 256. The van der Waals surface area contributed by atoms with E-state index < -0.39 is 9.64 Å². The standard InChI is InChI=1S/C7H8.Na.HO2S2.H/c1-7-5-3-2-4-6-7;;1-4(2)3;/h2-6H,1H3;;(H,1,2,3);/q;+1;2*-1. The third-order valence-corrected chi connectivity index (χ3v) is 0.940. The Kier molecular flexibility index (Phi) is 12.1. The third-order valence-electron chi connectivity index (χ3n) is 0.940. The van der Waals surface area contributed by atoms with E-state index in [4.69, 9.17) is 8.76 Å². The molecule has 0 spiro atoms. The van der Waals surface area contributed by atoms with Crippen molar-refractivity contribution in [1.82, 2.24) is 0 Å². The van der Waals surface area contributed by atoms with Crippen molar-refractivity contribution in [3.63, 3.8) is 0 Å². The van der Waals surface area contributed by atoms with E-state index in [0.29, 0.717) is 0 Å². The maximum absolute atomic E-state index is 8.93. The van der Waals surface area contributed by atoms with Crippen LogP contribution in [0.3, 0.4) is 0 Å². The Balaban J connectivity index is -0.000000150. The SMILES string of the molecule is Cc1ccccc1.O=[S-](O)=S.[H-].[Na+]. The van der Waals surface area contributed by atoms with E-state index in [1.165, 1.54) is 5.56 Å². The van der Waals surface area contributed by atoms with Crippen LogP contribution in [0.4, 0.5) is 0 Å². The van der Waals surface area contributed by atoms with Crippen molar-refractivity contribution < 1.29 is 39.7 Å². The summed E-state index contributed by atoms with van der Waals surface area (Å²) in [5.74, 6) is 0. The first-order chi connectivity index (χ1) is 5.13. The zero-order chi connectivity index (χ0) is 8.69. The molecule has 5 heteroatoms. The normalized spacial score (nSPS) is 7.92. The Morgan fingerprint density at radius 2 is 1.75 bits per heavy atom. The molecule has 0 unspecified atom stereocenters. The van der Waals surface area contributed by atoms with Gasteiger partial charge in [-0.1, -0.05) is 45.5 Å². The monoisotopic (exact) mass is 213 g/mol. The number of hydrogen-bond acceptors (Lipinski definition) is 3. The molecule has 0 saturated carbocycles. The van der Waals surface area contributed by atoms with Crippen LogP contribution in [0.25, 0.3) is 0 Å². The summed E-state index contributed by atoms with van der Waals surface area (Å²) in [6.45, 7) is 2.08. The first-order valence-electron chi connectivity index (χ1n) is 2.93. The van der Waals surface area contributed by atoms with E-state index >= 15 is 0 Å². The second-order valence-electron chi connectivity index (χ2n) is 1.87. The van der Waals surface area contributed by atoms with Gasteiger partial charge in [0, 0.05) is 0 Å². The predicted molar refractivity (Wildman–Crippen MR) is 50.3 cm³/mol. The first kappa shape index (κ1) is 15.0. The molecule has 1 N–H and O–H groups in total. The van der Waals surface area contributed by atoms with Gasteiger partial charge in [0.25, 0.3) is 0 Å². The van der Waals surface area contributed by atoms with Gasteiger partial charge in [-0.3, -0.25) is 0 Å². The molecule has 0 aromatic heterocycles. The summed E-state index contributed by atoms with van der Waals surface area (Å²) in [5.41, 5.74) is 1.32. The van der Waals surface area contributed by atoms with Crippen LogP contribution in [-0.4, -0.2) is 4.55 Å². The van der Waals surface area contributed by atoms with Gasteiger partial charge in [0.15, 0.2) is 0 Å². The van der Waals surface area contributed by atoms with Crippen molar-refractivity contribution in [1.29, 1.82) is 0 Å². The van der Waals surface area contributed by atoms with Gasteiger partial charge in [-0.2, -0.15) is 0 Å². The van der Waals surface area contributed by atoms with Crippen molar-refractivity contribution in [2.24, 2.45) is 0 Å². The molecule has 0 atom stereocenters. The van der Waals surface area contributed by atoms with Crippen LogP contribution in [0.1, 0.15) is 6.99 Å². The predicted octanol–water partition coefficient (Wildman–Crippen LogP) is -1.00. The molecule has 0 fully saturated rings. The minimum Gasteiger partial charge on any atom is -1.00 e. The molecular weight excluding hydrogens is 203 g/mol. The minimum absolute atomic E-state index is 0. The largest absolute Gasteiger partial charge is 1.00 e. The van der Waals surface area contributed by atoms with E-state index in [1.54, 1.807) is 0 Å². The molecule has 0 aliphatic rings. The smallest absolute Gasteiger partial charge is 1.00 e. The number of benzene rings is 1. The van der Waals surface area contributed by atoms with Gasteiger partial charge in [-0.05, 0) is 6.92 Å². The Labute approximate surface area is 103 Å². The Morgan fingerprint density at radius 1 is 1.42 bits per heavy atom. The average Bonchev–Trinajstić information content (AvgIpc) is 1.87. The van der Waals surface area contributed by atoms with Gasteiger partial charge in [0.05, 0.1) is 0 Å². The maximum Gasteiger partial charge on any atom is 1.00 e. The summed E-state index contributed by atoms with van der Waals surface area (Å²) in [6, 6.07) is 10.3. The van der Waals surface area contributed by atoms with Crippen LogP contribution in [0.5, 0.6) is 0 Å². The molecule has 0 saturated heterocycles. The maximum atomic E-state index is 8.93.